The fourth-order valence-electron chi connectivity index (χ4n) is 11.2. The molecule has 2 aromatic carbocycles. The minimum Gasteiger partial charge on any atom is -0.497 e. The van der Waals surface area contributed by atoms with E-state index in [0.717, 1.165) is 43.2 Å². The number of Topliss-reactive ketones (excluding diaryl/α,β-unsaturated/α-hetero) is 1. The van der Waals surface area contributed by atoms with Crippen LogP contribution in [0.3, 0.4) is 0 Å². The number of benzene rings is 2. The van der Waals surface area contributed by atoms with Crippen molar-refractivity contribution in [3.05, 3.63) is 89.5 Å². The molecule has 8 rings (SSSR count). The molecule has 252 valence electrons. The molecule has 0 amide bonds. The van der Waals surface area contributed by atoms with Gasteiger partial charge < -0.3 is 25.2 Å². The number of nitrogens with zero attached hydrogens (tertiary/aromatic N) is 1. The van der Waals surface area contributed by atoms with Gasteiger partial charge in [0.2, 0.25) is 0 Å². The normalized spacial score (nSPS) is 39.1. The third-order valence-corrected chi connectivity index (χ3v) is 13.7. The number of methoxy groups -OCH3 is 1. The molecular formula is C40H51NO6. The lowest BCUT2D eigenvalue weighted by atomic mass is 9.32. The Bertz CT molecular complexity index is 1560. The number of hydrogen-bond donors (Lipinski definition) is 4. The van der Waals surface area contributed by atoms with Crippen LogP contribution in [0.5, 0.6) is 5.75 Å². The molecule has 2 spiro atoms. The Morgan fingerprint density at radius 1 is 0.957 bits per heavy atom. The molecule has 9 unspecified atom stereocenters. The van der Waals surface area contributed by atoms with Crippen LogP contribution in [0.4, 0.5) is 0 Å². The summed E-state index contributed by atoms with van der Waals surface area (Å²) in [4.78, 5) is 16.9. The van der Waals surface area contributed by atoms with E-state index < -0.39 is 28.6 Å². The van der Waals surface area contributed by atoms with Crippen molar-refractivity contribution in [1.82, 2.24) is 4.90 Å². The smallest absolute Gasteiger partial charge is 0.189 e. The number of fused-ring (bicyclic) bond motifs is 1. The zero-order valence-electron chi connectivity index (χ0n) is 28.1. The second kappa shape index (κ2) is 11.7. The van der Waals surface area contributed by atoms with Gasteiger partial charge in [0.15, 0.2) is 5.78 Å². The highest BCUT2D eigenvalue weighted by atomic mass is 16.5. The van der Waals surface area contributed by atoms with Gasteiger partial charge in [0.1, 0.15) is 5.75 Å². The minimum atomic E-state index is -1.06. The first-order valence-corrected chi connectivity index (χ1v) is 17.5. The summed E-state index contributed by atoms with van der Waals surface area (Å²) in [5.41, 5.74) is -0.0202. The Hall–Kier alpha value is -2.81. The molecule has 6 aliphatic carbocycles. The van der Waals surface area contributed by atoms with Crippen LogP contribution in [0.25, 0.3) is 0 Å². The first kappa shape index (κ1) is 32.7. The molecule has 0 radical (unpaired) electrons. The third kappa shape index (κ3) is 4.83. The van der Waals surface area contributed by atoms with Crippen molar-refractivity contribution in [2.24, 2.45) is 33.5 Å². The number of carbonyl (C=O) groups is 1. The van der Waals surface area contributed by atoms with E-state index >= 15 is 0 Å². The summed E-state index contributed by atoms with van der Waals surface area (Å²) < 4.78 is 5.39. The summed E-state index contributed by atoms with van der Waals surface area (Å²) in [7, 11) is 1.62. The molecule has 0 aromatic heterocycles. The molecule has 7 nitrogen and oxygen atoms in total. The molecule has 47 heavy (non-hydrogen) atoms. The van der Waals surface area contributed by atoms with E-state index in [2.05, 4.69) is 49.1 Å². The van der Waals surface area contributed by atoms with Crippen LogP contribution >= 0.6 is 0 Å². The van der Waals surface area contributed by atoms with E-state index in [4.69, 9.17) is 4.74 Å². The van der Waals surface area contributed by atoms with Gasteiger partial charge in [-0.2, -0.15) is 0 Å². The highest BCUT2D eigenvalue weighted by Gasteiger charge is 2.74. The van der Waals surface area contributed by atoms with E-state index in [-0.39, 0.29) is 41.6 Å². The maximum absolute atomic E-state index is 14.8. The zero-order chi connectivity index (χ0) is 33.2. The Morgan fingerprint density at radius 2 is 1.64 bits per heavy atom. The summed E-state index contributed by atoms with van der Waals surface area (Å²) in [6.07, 6.45) is 11.0. The predicted molar refractivity (Wildman–Crippen MR) is 181 cm³/mol. The second-order valence-corrected chi connectivity index (χ2v) is 15.9. The minimum absolute atomic E-state index is 0.0277. The van der Waals surface area contributed by atoms with Crippen molar-refractivity contribution in [2.75, 3.05) is 26.8 Å². The molecule has 0 saturated heterocycles. The molecule has 6 aliphatic rings. The number of hydrogen-bond acceptors (Lipinski definition) is 7. The van der Waals surface area contributed by atoms with Gasteiger partial charge in [-0.1, -0.05) is 62.4 Å². The maximum atomic E-state index is 14.8. The summed E-state index contributed by atoms with van der Waals surface area (Å²) in [5.74, 6) is 0.981. The van der Waals surface area contributed by atoms with E-state index in [9.17, 15) is 25.2 Å². The van der Waals surface area contributed by atoms with Crippen molar-refractivity contribution in [3.8, 4) is 5.75 Å². The number of ketones is 1. The van der Waals surface area contributed by atoms with Crippen molar-refractivity contribution >= 4 is 5.78 Å². The van der Waals surface area contributed by atoms with Crippen LogP contribution < -0.4 is 4.74 Å². The lowest BCUT2D eigenvalue weighted by molar-refractivity contribution is -0.177. The summed E-state index contributed by atoms with van der Waals surface area (Å²) in [5, 5.41) is 44.1. The number of allylic oxidation sites excluding steroid dienone is 4. The van der Waals surface area contributed by atoms with Crippen molar-refractivity contribution in [1.29, 1.82) is 0 Å². The maximum Gasteiger partial charge on any atom is 0.189 e. The van der Waals surface area contributed by atoms with Gasteiger partial charge >= 0.3 is 0 Å². The lowest BCUT2D eigenvalue weighted by Gasteiger charge is -2.71. The van der Waals surface area contributed by atoms with E-state index in [1.165, 1.54) is 0 Å². The molecule has 9 atom stereocenters. The Labute approximate surface area is 279 Å². The van der Waals surface area contributed by atoms with Crippen LogP contribution in [0.2, 0.25) is 0 Å². The summed E-state index contributed by atoms with van der Waals surface area (Å²) in [6, 6.07) is 17.5. The first-order chi connectivity index (χ1) is 22.4. The van der Waals surface area contributed by atoms with Gasteiger partial charge in [0, 0.05) is 47.0 Å². The summed E-state index contributed by atoms with van der Waals surface area (Å²) in [6.45, 7) is 5.48. The Morgan fingerprint density at radius 3 is 2.34 bits per heavy atom. The second-order valence-electron chi connectivity index (χ2n) is 15.9. The van der Waals surface area contributed by atoms with Gasteiger partial charge in [-0.15, -0.1) is 0 Å². The fraction of sp³-hybridized carbons (Fsp3) is 0.575. The Balaban J connectivity index is 1.30. The van der Waals surface area contributed by atoms with Crippen LogP contribution in [0.15, 0.2) is 78.4 Å². The van der Waals surface area contributed by atoms with E-state index in [1.54, 1.807) is 7.11 Å². The SMILES string of the molecule is COc1ccc(C(=O)C2=CC34C=CC25C(CCC2(C)C5CCC2(O)CN(Cc2ccccc2)CC(O)CO)C3(C)CCC(O)C4)cc1. The van der Waals surface area contributed by atoms with Gasteiger partial charge in [0.25, 0.3) is 0 Å². The molecule has 7 heteroatoms. The first-order valence-electron chi connectivity index (χ1n) is 17.5. The molecule has 4 N–H and O–H groups in total. The van der Waals surface area contributed by atoms with Crippen LogP contribution in [-0.4, -0.2) is 75.7 Å². The summed E-state index contributed by atoms with van der Waals surface area (Å²) >= 11 is 0. The van der Waals surface area contributed by atoms with Gasteiger partial charge in [-0.25, -0.2) is 0 Å². The highest BCUT2D eigenvalue weighted by molar-refractivity contribution is 6.10. The monoisotopic (exact) mass is 641 g/mol. The third-order valence-electron chi connectivity index (χ3n) is 13.7. The van der Waals surface area contributed by atoms with Gasteiger partial charge in [-0.05, 0) is 92.0 Å². The predicted octanol–water partition coefficient (Wildman–Crippen LogP) is 5.32. The number of aliphatic hydroxyl groups excluding tert-OH is 3. The molecule has 2 bridgehead atoms. The number of rotatable bonds is 10. The molecule has 0 heterocycles. The van der Waals surface area contributed by atoms with Crippen molar-refractivity contribution in [3.63, 3.8) is 0 Å². The van der Waals surface area contributed by atoms with Gasteiger partial charge in [0.05, 0.1) is 31.5 Å². The number of ether oxygens (including phenoxy) is 1. The van der Waals surface area contributed by atoms with E-state index in [0.29, 0.717) is 37.2 Å². The molecule has 3 saturated carbocycles. The van der Waals surface area contributed by atoms with Crippen LogP contribution in [-0.2, 0) is 6.54 Å². The average Bonchev–Trinajstić information content (AvgIpc) is 3.34. The molecule has 0 aliphatic heterocycles. The van der Waals surface area contributed by atoms with Crippen molar-refractivity contribution < 1.29 is 30.0 Å². The standard InChI is InChI=1S/C40H51NO6/c1-36-16-13-29(43)21-38(36)19-20-40(32(22-38)35(45)28-9-11-31(47-3)12-10-28)33(36)14-17-37(2)34(40)15-18-39(37,46)26-41(24-30(44)25-42)23-27-7-5-4-6-8-27/h4-12,19-20,22,29-30,33-34,42-44,46H,13-18,21,23-26H2,1-3H3. The van der Waals surface area contributed by atoms with Crippen molar-refractivity contribution in [2.45, 2.75) is 83.1 Å². The largest absolute Gasteiger partial charge is 0.497 e. The number of carbonyl (C=O) groups excluding carboxylic acids is 1. The highest BCUT2D eigenvalue weighted by Crippen LogP contribution is 2.78. The average molecular weight is 642 g/mol. The van der Waals surface area contributed by atoms with Gasteiger partial charge in [-0.3, -0.25) is 9.69 Å². The lowest BCUT2D eigenvalue weighted by Crippen LogP contribution is -2.67. The molecule has 2 aromatic rings. The number of aliphatic hydroxyl groups is 4. The van der Waals surface area contributed by atoms with Crippen LogP contribution in [0.1, 0.15) is 74.7 Å². The molecular weight excluding hydrogens is 590 g/mol. The fourth-order valence-corrected chi connectivity index (χ4v) is 11.2. The van der Waals surface area contributed by atoms with E-state index in [1.807, 2.05) is 42.5 Å². The quantitative estimate of drug-likeness (QED) is 0.205. The van der Waals surface area contributed by atoms with Crippen LogP contribution in [0, 0.1) is 33.5 Å². The zero-order valence-corrected chi connectivity index (χ0v) is 28.1. The molecule has 3 fully saturated rings. The topological polar surface area (TPSA) is 110 Å². The Kier molecular flexibility index (Phi) is 8.12.